The largest absolute Gasteiger partial charge is 0.490 e. The Hall–Kier alpha value is -3.26. The highest BCUT2D eigenvalue weighted by Crippen LogP contribution is 2.49. The second-order valence-electron chi connectivity index (χ2n) is 8.94. The quantitative estimate of drug-likeness (QED) is 0.503. The van der Waals surface area contributed by atoms with Crippen LogP contribution >= 0.6 is 0 Å². The van der Waals surface area contributed by atoms with Crippen LogP contribution < -0.4 is 0 Å². The maximum absolute atomic E-state index is 10.6. The lowest BCUT2D eigenvalue weighted by atomic mass is 9.81. The lowest BCUT2D eigenvalue weighted by Crippen LogP contribution is -2.32. The Morgan fingerprint density at radius 3 is 2.11 bits per heavy atom. The minimum atomic E-state index is -5.08. The van der Waals surface area contributed by atoms with Gasteiger partial charge in [0.05, 0.1) is 13.2 Å². The Labute approximate surface area is 214 Å². The lowest BCUT2D eigenvalue weighted by Gasteiger charge is -2.29. The summed E-state index contributed by atoms with van der Waals surface area (Å²) in [7, 11) is 0. The van der Waals surface area contributed by atoms with Crippen molar-refractivity contribution >= 4 is 11.9 Å². The number of halogens is 6. The van der Waals surface area contributed by atoms with Crippen LogP contribution in [0.25, 0.3) is 0 Å². The number of alkyl halides is 6. The molecule has 1 saturated heterocycles. The maximum atomic E-state index is 10.6. The van der Waals surface area contributed by atoms with Crippen LogP contribution in [0.15, 0.2) is 49.1 Å². The van der Waals surface area contributed by atoms with E-state index < -0.39 is 24.3 Å². The summed E-state index contributed by atoms with van der Waals surface area (Å²) < 4.78 is 69.6. The zero-order valence-electron chi connectivity index (χ0n) is 20.1. The molecule has 4 rings (SSSR count). The summed E-state index contributed by atoms with van der Waals surface area (Å²) in [5, 5.41) is 14.2. The van der Waals surface area contributed by atoms with Crippen molar-refractivity contribution in [2.24, 2.45) is 11.3 Å². The van der Waals surface area contributed by atoms with E-state index in [0.29, 0.717) is 12.0 Å². The van der Waals surface area contributed by atoms with E-state index in [1.807, 2.05) is 43.0 Å². The van der Waals surface area contributed by atoms with Gasteiger partial charge in [-0.2, -0.15) is 26.3 Å². The average molecular weight is 551 g/mol. The SMILES string of the molecule is O=C(O)C(F)(F)F.O=C(O)C(F)(F)F.c1cncc(CN2C[C@H]3CCC[C@@]3(COCc3ccncc3)C2)c1. The third-order valence-corrected chi connectivity index (χ3v) is 6.13. The molecular weight excluding hydrogens is 524 g/mol. The van der Waals surface area contributed by atoms with Gasteiger partial charge in [-0.3, -0.25) is 14.9 Å². The van der Waals surface area contributed by atoms with Crippen LogP contribution in [0.5, 0.6) is 0 Å². The van der Waals surface area contributed by atoms with Crippen molar-refractivity contribution in [3.05, 3.63) is 60.2 Å². The fraction of sp³-hybridized carbons (Fsp3) is 0.500. The van der Waals surface area contributed by atoms with Gasteiger partial charge in [-0.05, 0) is 48.1 Å². The molecule has 0 unspecified atom stereocenters. The zero-order valence-corrected chi connectivity index (χ0v) is 20.1. The van der Waals surface area contributed by atoms with Crippen molar-refractivity contribution in [2.45, 2.75) is 44.8 Å². The summed E-state index contributed by atoms with van der Waals surface area (Å²) in [6.07, 6.45) is 1.34. The van der Waals surface area contributed by atoms with E-state index in [4.69, 9.17) is 24.5 Å². The highest BCUT2D eigenvalue weighted by atomic mass is 19.4. The maximum Gasteiger partial charge on any atom is 0.490 e. The predicted molar refractivity (Wildman–Crippen MR) is 121 cm³/mol. The van der Waals surface area contributed by atoms with Gasteiger partial charge >= 0.3 is 24.3 Å². The van der Waals surface area contributed by atoms with E-state index in [9.17, 15) is 26.3 Å². The van der Waals surface area contributed by atoms with Crippen molar-refractivity contribution in [3.63, 3.8) is 0 Å². The molecule has 2 aromatic rings. The molecule has 0 aromatic carbocycles. The number of ether oxygens (including phenoxy) is 1. The van der Waals surface area contributed by atoms with Crippen LogP contribution in [0.1, 0.15) is 30.4 Å². The first-order valence-corrected chi connectivity index (χ1v) is 11.4. The number of carbonyl (C=O) groups is 2. The van der Waals surface area contributed by atoms with Crippen molar-refractivity contribution in [3.8, 4) is 0 Å². The first kappa shape index (κ1) is 31.0. The van der Waals surface area contributed by atoms with E-state index in [1.54, 1.807) is 0 Å². The molecule has 210 valence electrons. The molecule has 1 saturated carbocycles. The molecule has 2 aromatic heterocycles. The number of nitrogens with zero attached hydrogens (tertiary/aromatic N) is 3. The highest BCUT2D eigenvalue weighted by molar-refractivity contribution is 5.73. The number of aliphatic carboxylic acids is 2. The molecule has 3 heterocycles. The standard InChI is InChI=1S/C20H25N3O.2C2HF3O2/c1-4-19-13-23(12-18-3-2-8-22-11-18)15-20(19,7-1)16-24-14-17-5-9-21-10-6-17;2*3-2(4,5)1(6)7/h2-3,5-6,8-11,19H,1,4,7,12-16H2;2*(H,6,7)/t19-,20+;;/m1../s1. The summed E-state index contributed by atoms with van der Waals surface area (Å²) >= 11 is 0. The topological polar surface area (TPSA) is 113 Å². The Balaban J connectivity index is 0.000000301. The number of carboxylic acid groups (broad SMARTS) is 2. The molecule has 2 N–H and O–H groups in total. The Bertz CT molecular complexity index is 1000. The molecule has 1 aliphatic heterocycles. The van der Waals surface area contributed by atoms with Crippen molar-refractivity contribution in [2.75, 3.05) is 19.7 Å². The summed E-state index contributed by atoms with van der Waals surface area (Å²) in [6.45, 7) is 4.94. The minimum Gasteiger partial charge on any atom is -0.475 e. The van der Waals surface area contributed by atoms with Gasteiger partial charge < -0.3 is 14.9 Å². The van der Waals surface area contributed by atoms with Crippen LogP contribution in [0.4, 0.5) is 26.3 Å². The number of aromatic nitrogens is 2. The van der Waals surface area contributed by atoms with Gasteiger partial charge in [0.25, 0.3) is 0 Å². The monoisotopic (exact) mass is 551 g/mol. The average Bonchev–Trinajstić information content (AvgIpc) is 3.36. The molecule has 2 aliphatic rings. The van der Waals surface area contributed by atoms with Gasteiger partial charge in [-0.25, -0.2) is 9.59 Å². The second kappa shape index (κ2) is 13.5. The van der Waals surface area contributed by atoms with E-state index in [0.717, 1.165) is 25.6 Å². The normalized spacial score (nSPS) is 20.9. The summed E-state index contributed by atoms with van der Waals surface area (Å²) in [5.41, 5.74) is 2.88. The second-order valence-corrected chi connectivity index (χ2v) is 8.94. The number of hydrogen-bond donors (Lipinski definition) is 2. The van der Waals surface area contributed by atoms with Gasteiger partial charge in [0, 0.05) is 49.8 Å². The van der Waals surface area contributed by atoms with Crippen LogP contribution in [-0.4, -0.2) is 69.1 Å². The van der Waals surface area contributed by atoms with E-state index in [1.165, 1.54) is 36.9 Å². The van der Waals surface area contributed by atoms with Gasteiger partial charge in [0.1, 0.15) is 0 Å². The number of carboxylic acids is 2. The molecule has 1 aliphatic carbocycles. The highest BCUT2D eigenvalue weighted by Gasteiger charge is 2.49. The van der Waals surface area contributed by atoms with Crippen LogP contribution in [-0.2, 0) is 27.5 Å². The molecule has 2 atom stereocenters. The van der Waals surface area contributed by atoms with Crippen LogP contribution in [0.2, 0.25) is 0 Å². The predicted octanol–water partition coefficient (Wildman–Crippen LogP) is 4.56. The Morgan fingerprint density at radius 1 is 0.974 bits per heavy atom. The Kier molecular flexibility index (Phi) is 11.0. The van der Waals surface area contributed by atoms with E-state index >= 15 is 0 Å². The number of fused-ring (bicyclic) bond motifs is 1. The van der Waals surface area contributed by atoms with E-state index in [-0.39, 0.29) is 0 Å². The lowest BCUT2D eigenvalue weighted by molar-refractivity contribution is -0.193. The molecular formula is C24H27F6N3O5. The zero-order chi connectivity index (χ0) is 28.4. The molecule has 0 spiro atoms. The summed E-state index contributed by atoms with van der Waals surface area (Å²) in [6, 6.07) is 8.27. The number of likely N-dealkylation sites (tertiary alicyclic amines) is 1. The van der Waals surface area contributed by atoms with Gasteiger partial charge in [-0.15, -0.1) is 0 Å². The smallest absolute Gasteiger partial charge is 0.475 e. The van der Waals surface area contributed by atoms with Gasteiger partial charge in [-0.1, -0.05) is 12.5 Å². The first-order chi connectivity index (χ1) is 17.7. The van der Waals surface area contributed by atoms with Gasteiger partial charge in [0.2, 0.25) is 0 Å². The fourth-order valence-corrected chi connectivity index (χ4v) is 4.48. The molecule has 14 heteroatoms. The number of pyridine rings is 2. The minimum absolute atomic E-state index is 0.356. The van der Waals surface area contributed by atoms with Crippen LogP contribution in [0.3, 0.4) is 0 Å². The summed E-state index contributed by atoms with van der Waals surface area (Å²) in [5.74, 6) is -4.73. The van der Waals surface area contributed by atoms with Crippen molar-refractivity contribution in [1.82, 2.24) is 14.9 Å². The first-order valence-electron chi connectivity index (χ1n) is 11.4. The Morgan fingerprint density at radius 2 is 1.58 bits per heavy atom. The third kappa shape index (κ3) is 9.89. The van der Waals surface area contributed by atoms with Gasteiger partial charge in [0.15, 0.2) is 0 Å². The fourth-order valence-electron chi connectivity index (χ4n) is 4.48. The third-order valence-electron chi connectivity index (χ3n) is 6.13. The van der Waals surface area contributed by atoms with E-state index in [2.05, 4.69) is 20.9 Å². The molecule has 38 heavy (non-hydrogen) atoms. The van der Waals surface area contributed by atoms with Crippen LogP contribution in [0, 0.1) is 11.3 Å². The summed E-state index contributed by atoms with van der Waals surface area (Å²) in [4.78, 5) is 28.7. The molecule has 0 amide bonds. The van der Waals surface area contributed by atoms with Crippen molar-refractivity contribution < 1.29 is 50.9 Å². The molecule has 8 nitrogen and oxygen atoms in total. The number of hydrogen-bond acceptors (Lipinski definition) is 6. The molecule has 0 bridgehead atoms. The number of rotatable bonds is 6. The van der Waals surface area contributed by atoms with Crippen molar-refractivity contribution in [1.29, 1.82) is 0 Å². The molecule has 0 radical (unpaired) electrons. The molecule has 2 fully saturated rings.